The third-order valence-electron chi connectivity index (χ3n) is 3.63. The molecule has 0 aromatic heterocycles. The van der Waals surface area contributed by atoms with Crippen molar-refractivity contribution in [3.8, 4) is 0 Å². The maximum Gasteiger partial charge on any atom is 0.225 e. The summed E-state index contributed by atoms with van der Waals surface area (Å²) in [5, 5.41) is 0. The van der Waals surface area contributed by atoms with Crippen LogP contribution in [-0.4, -0.2) is 23.4 Å². The van der Waals surface area contributed by atoms with E-state index in [0.717, 1.165) is 19.4 Å². The number of carbonyl (C=O) groups is 1. The summed E-state index contributed by atoms with van der Waals surface area (Å²) in [6.45, 7) is 13.5. The first-order chi connectivity index (χ1) is 6.99. The normalized spacial score (nSPS) is 16.9. The second-order valence-electron chi connectivity index (χ2n) is 4.56. The minimum atomic E-state index is 0.156. The Kier molecular flexibility index (Phi) is 6.62. The van der Waals surface area contributed by atoms with E-state index >= 15 is 0 Å². The van der Waals surface area contributed by atoms with Crippen LogP contribution in [0.4, 0.5) is 0 Å². The molecule has 0 aromatic carbocycles. The molecule has 0 aliphatic carbocycles. The first kappa shape index (κ1) is 14.5. The molecule has 1 amide bonds. The van der Waals surface area contributed by atoms with Crippen LogP contribution in [0.15, 0.2) is 0 Å². The van der Waals surface area contributed by atoms with Gasteiger partial charge in [-0.05, 0) is 26.2 Å². The van der Waals surface area contributed by atoms with Gasteiger partial charge in [0.1, 0.15) is 0 Å². The van der Waals surface area contributed by atoms with E-state index in [1.165, 1.54) is 0 Å². The molecular formula is C13H27NO. The molecule has 0 aliphatic heterocycles. The summed E-state index contributed by atoms with van der Waals surface area (Å²) < 4.78 is 0. The van der Waals surface area contributed by atoms with Crippen molar-refractivity contribution in [2.75, 3.05) is 6.54 Å². The number of nitrogens with zero attached hydrogens (tertiary/aromatic N) is 1. The van der Waals surface area contributed by atoms with Gasteiger partial charge >= 0.3 is 0 Å². The van der Waals surface area contributed by atoms with Gasteiger partial charge in [-0.1, -0.05) is 34.1 Å². The summed E-state index contributed by atoms with van der Waals surface area (Å²) in [5.74, 6) is 0.959. The van der Waals surface area contributed by atoms with Crippen LogP contribution in [0, 0.1) is 11.8 Å². The largest absolute Gasteiger partial charge is 0.340 e. The number of rotatable bonds is 6. The van der Waals surface area contributed by atoms with E-state index in [0.29, 0.717) is 17.9 Å². The van der Waals surface area contributed by atoms with Gasteiger partial charge in [0.25, 0.3) is 0 Å². The average molecular weight is 213 g/mol. The molecule has 2 heteroatoms. The van der Waals surface area contributed by atoms with Crippen LogP contribution >= 0.6 is 0 Å². The molecule has 0 fully saturated rings. The van der Waals surface area contributed by atoms with Crippen molar-refractivity contribution in [2.24, 2.45) is 11.8 Å². The molecule has 0 aromatic rings. The highest BCUT2D eigenvalue weighted by Crippen LogP contribution is 2.19. The predicted octanol–water partition coefficient (Wildman–Crippen LogP) is 3.32. The molecule has 0 N–H and O–H groups in total. The molecule has 3 unspecified atom stereocenters. The summed E-state index contributed by atoms with van der Waals surface area (Å²) in [4.78, 5) is 14.2. The van der Waals surface area contributed by atoms with Gasteiger partial charge in [0.15, 0.2) is 0 Å². The lowest BCUT2D eigenvalue weighted by atomic mass is 9.92. The Hall–Kier alpha value is -0.530. The van der Waals surface area contributed by atoms with Crippen LogP contribution in [0.3, 0.4) is 0 Å². The van der Waals surface area contributed by atoms with Gasteiger partial charge in [-0.25, -0.2) is 0 Å². The Morgan fingerprint density at radius 2 is 1.60 bits per heavy atom. The van der Waals surface area contributed by atoms with Crippen molar-refractivity contribution in [1.82, 2.24) is 4.90 Å². The van der Waals surface area contributed by atoms with Crippen molar-refractivity contribution in [2.45, 2.75) is 60.4 Å². The van der Waals surface area contributed by atoms with Crippen LogP contribution < -0.4 is 0 Å². The van der Waals surface area contributed by atoms with Crippen LogP contribution in [0.25, 0.3) is 0 Å². The molecule has 0 bridgehead atoms. The van der Waals surface area contributed by atoms with Crippen molar-refractivity contribution >= 4 is 5.91 Å². The summed E-state index contributed by atoms with van der Waals surface area (Å²) >= 11 is 0. The third kappa shape index (κ3) is 3.84. The van der Waals surface area contributed by atoms with Gasteiger partial charge in [0, 0.05) is 18.5 Å². The van der Waals surface area contributed by atoms with Crippen LogP contribution in [0.1, 0.15) is 54.4 Å². The lowest BCUT2D eigenvalue weighted by Gasteiger charge is -2.31. The number of carbonyl (C=O) groups excluding carboxylic acids is 1. The van der Waals surface area contributed by atoms with E-state index in [9.17, 15) is 4.79 Å². The SMILES string of the molecule is CCC(C)C(C)C(=O)N(CC)C(C)CC. The molecule has 3 atom stereocenters. The number of hydrogen-bond donors (Lipinski definition) is 0. The molecule has 0 aliphatic rings. The Morgan fingerprint density at radius 3 is 1.93 bits per heavy atom. The van der Waals surface area contributed by atoms with E-state index in [4.69, 9.17) is 0 Å². The highest BCUT2D eigenvalue weighted by atomic mass is 16.2. The predicted molar refractivity (Wildman–Crippen MR) is 65.8 cm³/mol. The van der Waals surface area contributed by atoms with Crippen molar-refractivity contribution in [3.05, 3.63) is 0 Å². The minimum Gasteiger partial charge on any atom is -0.340 e. The van der Waals surface area contributed by atoms with Gasteiger partial charge < -0.3 is 4.90 Å². The Morgan fingerprint density at radius 1 is 1.07 bits per heavy atom. The maximum atomic E-state index is 12.2. The van der Waals surface area contributed by atoms with E-state index in [1.54, 1.807) is 0 Å². The lowest BCUT2D eigenvalue weighted by molar-refractivity contribution is -0.138. The fourth-order valence-electron chi connectivity index (χ4n) is 1.76. The molecule has 0 heterocycles. The molecule has 0 spiro atoms. The summed E-state index contributed by atoms with van der Waals surface area (Å²) in [7, 11) is 0. The van der Waals surface area contributed by atoms with Gasteiger partial charge in [-0.15, -0.1) is 0 Å². The van der Waals surface area contributed by atoms with Crippen LogP contribution in [0.2, 0.25) is 0 Å². The molecule has 90 valence electrons. The molecule has 0 rings (SSSR count). The number of amides is 1. The first-order valence-electron chi connectivity index (χ1n) is 6.29. The molecule has 0 radical (unpaired) electrons. The smallest absolute Gasteiger partial charge is 0.225 e. The van der Waals surface area contributed by atoms with Crippen molar-refractivity contribution in [1.29, 1.82) is 0 Å². The van der Waals surface area contributed by atoms with E-state index < -0.39 is 0 Å². The summed E-state index contributed by atoms with van der Waals surface area (Å²) in [5.41, 5.74) is 0. The standard InChI is InChI=1S/C13H27NO/c1-7-10(4)12(6)13(15)14(9-3)11(5)8-2/h10-12H,7-9H2,1-6H3. The fourth-order valence-corrected chi connectivity index (χ4v) is 1.76. The zero-order valence-corrected chi connectivity index (χ0v) is 11.2. The van der Waals surface area contributed by atoms with Gasteiger partial charge in [-0.3, -0.25) is 4.79 Å². The van der Waals surface area contributed by atoms with Crippen LogP contribution in [0.5, 0.6) is 0 Å². The topological polar surface area (TPSA) is 20.3 Å². The average Bonchev–Trinajstić information content (AvgIpc) is 2.27. The third-order valence-corrected chi connectivity index (χ3v) is 3.63. The van der Waals surface area contributed by atoms with E-state index in [-0.39, 0.29) is 5.92 Å². The van der Waals surface area contributed by atoms with Gasteiger partial charge in [0.2, 0.25) is 5.91 Å². The van der Waals surface area contributed by atoms with Crippen LogP contribution in [-0.2, 0) is 4.79 Å². The van der Waals surface area contributed by atoms with E-state index in [2.05, 4.69) is 41.5 Å². The van der Waals surface area contributed by atoms with E-state index in [1.807, 2.05) is 4.90 Å². The molecule has 15 heavy (non-hydrogen) atoms. The van der Waals surface area contributed by atoms with Gasteiger partial charge in [-0.2, -0.15) is 0 Å². The second-order valence-corrected chi connectivity index (χ2v) is 4.56. The Bertz CT molecular complexity index is 191. The van der Waals surface area contributed by atoms with Gasteiger partial charge in [0.05, 0.1) is 0 Å². The Labute approximate surface area is 95.0 Å². The molecule has 0 saturated heterocycles. The quantitative estimate of drug-likeness (QED) is 0.663. The summed E-state index contributed by atoms with van der Waals surface area (Å²) in [6, 6.07) is 0.369. The lowest BCUT2D eigenvalue weighted by Crippen LogP contribution is -2.42. The zero-order chi connectivity index (χ0) is 12.0. The fraction of sp³-hybridized carbons (Fsp3) is 0.923. The highest BCUT2D eigenvalue weighted by molar-refractivity contribution is 5.79. The molecular weight excluding hydrogens is 186 g/mol. The minimum absolute atomic E-state index is 0.156. The number of hydrogen-bond acceptors (Lipinski definition) is 1. The first-order valence-corrected chi connectivity index (χ1v) is 6.29. The molecule has 0 saturated carbocycles. The summed E-state index contributed by atoms with van der Waals surface area (Å²) in [6.07, 6.45) is 2.11. The second kappa shape index (κ2) is 6.86. The Balaban J connectivity index is 4.50. The highest BCUT2D eigenvalue weighted by Gasteiger charge is 2.25. The zero-order valence-electron chi connectivity index (χ0n) is 11.2. The van der Waals surface area contributed by atoms with Crippen molar-refractivity contribution in [3.63, 3.8) is 0 Å². The monoisotopic (exact) mass is 213 g/mol. The maximum absolute atomic E-state index is 12.2. The molecule has 2 nitrogen and oxygen atoms in total. The van der Waals surface area contributed by atoms with Crippen molar-refractivity contribution < 1.29 is 4.79 Å².